The van der Waals surface area contributed by atoms with E-state index < -0.39 is 0 Å². The third-order valence-corrected chi connectivity index (χ3v) is 3.23. The SMILES string of the molecule is CCNC(=NCc1ccc(F)cc1)NCCc1ccccc1.I. The molecule has 0 aliphatic rings. The van der Waals surface area contributed by atoms with Gasteiger partial charge in [-0.05, 0) is 36.6 Å². The van der Waals surface area contributed by atoms with Crippen molar-refractivity contribution in [2.45, 2.75) is 19.9 Å². The fraction of sp³-hybridized carbons (Fsp3) is 0.278. The van der Waals surface area contributed by atoms with Crippen LogP contribution in [0, 0.1) is 5.82 Å². The van der Waals surface area contributed by atoms with Crippen LogP contribution in [0.15, 0.2) is 59.6 Å². The van der Waals surface area contributed by atoms with E-state index in [1.165, 1.54) is 17.7 Å². The molecule has 0 radical (unpaired) electrons. The topological polar surface area (TPSA) is 36.4 Å². The summed E-state index contributed by atoms with van der Waals surface area (Å²) in [5.41, 5.74) is 2.28. The molecule has 5 heteroatoms. The Bertz CT molecular complexity index is 585. The summed E-state index contributed by atoms with van der Waals surface area (Å²) in [6.45, 7) is 4.19. The van der Waals surface area contributed by atoms with E-state index in [1.54, 1.807) is 12.1 Å². The Morgan fingerprint density at radius 2 is 1.65 bits per heavy atom. The summed E-state index contributed by atoms with van der Waals surface area (Å²) in [6, 6.07) is 16.8. The fourth-order valence-corrected chi connectivity index (χ4v) is 2.07. The molecule has 0 aliphatic carbocycles. The third-order valence-electron chi connectivity index (χ3n) is 3.23. The lowest BCUT2D eigenvalue weighted by molar-refractivity contribution is 0.627. The standard InChI is InChI=1S/C18H22FN3.HI/c1-2-20-18(21-13-12-15-6-4-3-5-7-15)22-14-16-8-10-17(19)11-9-16;/h3-11H,2,12-14H2,1H3,(H2,20,21,22);1H. The quantitative estimate of drug-likeness (QED) is 0.419. The summed E-state index contributed by atoms with van der Waals surface area (Å²) < 4.78 is 12.9. The molecular weight excluding hydrogens is 404 g/mol. The molecule has 23 heavy (non-hydrogen) atoms. The number of aliphatic imine (C=N–C) groups is 1. The molecule has 0 aromatic heterocycles. The van der Waals surface area contributed by atoms with Crippen LogP contribution in [-0.2, 0) is 13.0 Å². The maximum Gasteiger partial charge on any atom is 0.191 e. The fourth-order valence-electron chi connectivity index (χ4n) is 2.07. The molecule has 0 atom stereocenters. The Hall–Kier alpha value is -1.63. The second-order valence-corrected chi connectivity index (χ2v) is 4.98. The lowest BCUT2D eigenvalue weighted by Gasteiger charge is -2.11. The van der Waals surface area contributed by atoms with Crippen molar-refractivity contribution in [3.05, 3.63) is 71.5 Å². The summed E-state index contributed by atoms with van der Waals surface area (Å²) >= 11 is 0. The van der Waals surface area contributed by atoms with Crippen LogP contribution in [0.2, 0.25) is 0 Å². The summed E-state index contributed by atoms with van der Waals surface area (Å²) in [5, 5.41) is 6.53. The number of nitrogens with one attached hydrogen (secondary N) is 2. The van der Waals surface area contributed by atoms with E-state index in [0.717, 1.165) is 31.0 Å². The van der Waals surface area contributed by atoms with Crippen LogP contribution in [0.3, 0.4) is 0 Å². The molecule has 0 aliphatic heterocycles. The maximum atomic E-state index is 12.9. The molecule has 124 valence electrons. The smallest absolute Gasteiger partial charge is 0.191 e. The van der Waals surface area contributed by atoms with E-state index in [1.807, 2.05) is 25.1 Å². The van der Waals surface area contributed by atoms with Crippen molar-refractivity contribution in [2.24, 2.45) is 4.99 Å². The average Bonchev–Trinajstić information content (AvgIpc) is 2.55. The van der Waals surface area contributed by atoms with Crippen molar-refractivity contribution in [1.29, 1.82) is 0 Å². The Kier molecular flexibility index (Phi) is 9.28. The number of hydrogen-bond donors (Lipinski definition) is 2. The van der Waals surface area contributed by atoms with Gasteiger partial charge in [-0.2, -0.15) is 0 Å². The van der Waals surface area contributed by atoms with Gasteiger partial charge in [0.1, 0.15) is 5.82 Å². The van der Waals surface area contributed by atoms with Crippen molar-refractivity contribution >= 4 is 29.9 Å². The Labute approximate surface area is 154 Å². The first-order valence-corrected chi connectivity index (χ1v) is 7.58. The van der Waals surface area contributed by atoms with E-state index in [2.05, 4.69) is 27.8 Å². The lowest BCUT2D eigenvalue weighted by atomic mass is 10.1. The first kappa shape index (κ1) is 19.4. The van der Waals surface area contributed by atoms with Crippen molar-refractivity contribution in [1.82, 2.24) is 10.6 Å². The number of hydrogen-bond acceptors (Lipinski definition) is 1. The largest absolute Gasteiger partial charge is 0.357 e. The summed E-state index contributed by atoms with van der Waals surface area (Å²) in [7, 11) is 0. The molecule has 0 amide bonds. The molecular formula is C18H23FIN3. The minimum absolute atomic E-state index is 0. The highest BCUT2D eigenvalue weighted by Gasteiger charge is 1.98. The Morgan fingerprint density at radius 3 is 2.30 bits per heavy atom. The van der Waals surface area contributed by atoms with Gasteiger partial charge in [0.25, 0.3) is 0 Å². The molecule has 2 aromatic carbocycles. The predicted molar refractivity (Wildman–Crippen MR) is 105 cm³/mol. The van der Waals surface area contributed by atoms with Crippen molar-refractivity contribution in [3.8, 4) is 0 Å². The van der Waals surface area contributed by atoms with E-state index in [9.17, 15) is 4.39 Å². The third kappa shape index (κ3) is 7.45. The zero-order valence-corrected chi connectivity index (χ0v) is 15.6. The summed E-state index contributed by atoms with van der Waals surface area (Å²) in [4.78, 5) is 4.52. The second kappa shape index (κ2) is 11.0. The molecule has 3 nitrogen and oxygen atoms in total. The van der Waals surface area contributed by atoms with Crippen LogP contribution < -0.4 is 10.6 Å². The van der Waals surface area contributed by atoms with Gasteiger partial charge in [0.15, 0.2) is 5.96 Å². The molecule has 0 saturated carbocycles. The van der Waals surface area contributed by atoms with Crippen LogP contribution in [0.25, 0.3) is 0 Å². The molecule has 2 rings (SSSR count). The van der Waals surface area contributed by atoms with E-state index in [4.69, 9.17) is 0 Å². The van der Waals surface area contributed by atoms with E-state index in [0.29, 0.717) is 6.54 Å². The molecule has 0 spiro atoms. The van der Waals surface area contributed by atoms with Gasteiger partial charge >= 0.3 is 0 Å². The highest BCUT2D eigenvalue weighted by Crippen LogP contribution is 2.04. The van der Waals surface area contributed by atoms with Crippen molar-refractivity contribution in [2.75, 3.05) is 13.1 Å². The molecule has 2 aromatic rings. The maximum absolute atomic E-state index is 12.9. The van der Waals surface area contributed by atoms with Crippen LogP contribution >= 0.6 is 24.0 Å². The minimum Gasteiger partial charge on any atom is -0.357 e. The zero-order chi connectivity index (χ0) is 15.6. The molecule has 2 N–H and O–H groups in total. The molecule has 0 bridgehead atoms. The van der Waals surface area contributed by atoms with Crippen molar-refractivity contribution < 1.29 is 4.39 Å². The van der Waals surface area contributed by atoms with Crippen LogP contribution in [-0.4, -0.2) is 19.0 Å². The van der Waals surface area contributed by atoms with Gasteiger partial charge in [0, 0.05) is 13.1 Å². The summed E-state index contributed by atoms with van der Waals surface area (Å²) in [5.74, 6) is 0.559. The van der Waals surface area contributed by atoms with Crippen molar-refractivity contribution in [3.63, 3.8) is 0 Å². The van der Waals surface area contributed by atoms with Crippen LogP contribution in [0.1, 0.15) is 18.1 Å². The van der Waals surface area contributed by atoms with Gasteiger partial charge in [-0.1, -0.05) is 42.5 Å². The Morgan fingerprint density at radius 1 is 0.957 bits per heavy atom. The van der Waals surface area contributed by atoms with Crippen LogP contribution in [0.5, 0.6) is 0 Å². The van der Waals surface area contributed by atoms with Gasteiger partial charge in [-0.3, -0.25) is 0 Å². The normalized spacial score (nSPS) is 10.8. The minimum atomic E-state index is -0.222. The predicted octanol–water partition coefficient (Wildman–Crippen LogP) is 3.74. The van der Waals surface area contributed by atoms with Gasteiger partial charge in [-0.25, -0.2) is 9.38 Å². The monoisotopic (exact) mass is 427 g/mol. The molecule has 0 saturated heterocycles. The number of benzene rings is 2. The number of guanidine groups is 1. The van der Waals surface area contributed by atoms with Gasteiger partial charge in [0.05, 0.1) is 6.54 Å². The number of rotatable bonds is 6. The van der Waals surface area contributed by atoms with E-state index in [-0.39, 0.29) is 29.8 Å². The van der Waals surface area contributed by atoms with Gasteiger partial charge in [0.2, 0.25) is 0 Å². The second-order valence-electron chi connectivity index (χ2n) is 4.98. The highest BCUT2D eigenvalue weighted by molar-refractivity contribution is 14.0. The lowest BCUT2D eigenvalue weighted by Crippen LogP contribution is -2.38. The molecule has 0 unspecified atom stereocenters. The first-order valence-electron chi connectivity index (χ1n) is 7.58. The van der Waals surface area contributed by atoms with E-state index >= 15 is 0 Å². The first-order chi connectivity index (χ1) is 10.8. The summed E-state index contributed by atoms with van der Waals surface area (Å²) in [6.07, 6.45) is 0.946. The van der Waals surface area contributed by atoms with Crippen LogP contribution in [0.4, 0.5) is 4.39 Å². The molecule has 0 heterocycles. The average molecular weight is 427 g/mol. The highest BCUT2D eigenvalue weighted by atomic mass is 127. The molecule has 0 fully saturated rings. The van der Waals surface area contributed by atoms with Gasteiger partial charge in [-0.15, -0.1) is 24.0 Å². The number of halogens is 2. The Balaban J connectivity index is 0.00000264. The zero-order valence-electron chi connectivity index (χ0n) is 13.3. The van der Waals surface area contributed by atoms with Gasteiger partial charge < -0.3 is 10.6 Å². The number of nitrogens with zero attached hydrogens (tertiary/aromatic N) is 1.